The predicted octanol–water partition coefficient (Wildman–Crippen LogP) is 5.23. The Morgan fingerprint density at radius 3 is 1.68 bits per heavy atom. The third kappa shape index (κ3) is 2.64. The molecule has 1 aliphatic rings. The van der Waals surface area contributed by atoms with Crippen LogP contribution in [0.25, 0.3) is 0 Å². The van der Waals surface area contributed by atoms with Crippen LogP contribution in [0.3, 0.4) is 0 Å². The fourth-order valence-corrected chi connectivity index (χ4v) is 3.25. The maximum Gasteiger partial charge on any atom is 0.172 e. The molecule has 3 aromatic rings. The van der Waals surface area contributed by atoms with E-state index in [4.69, 9.17) is 0 Å². The van der Waals surface area contributed by atoms with E-state index < -0.39 is 0 Å². The number of hydrogen-bond donors (Lipinski definition) is 0. The lowest BCUT2D eigenvalue weighted by Gasteiger charge is -2.30. The molecule has 0 N–H and O–H groups in total. The van der Waals surface area contributed by atoms with E-state index >= 15 is 0 Å². The van der Waals surface area contributed by atoms with E-state index in [1.165, 1.54) is 0 Å². The summed E-state index contributed by atoms with van der Waals surface area (Å²) in [5, 5.41) is 0. The molecule has 3 aromatic carbocycles. The molecule has 1 aliphatic heterocycles. The number of carbonyl (C=O) groups excluding carboxylic acids is 2. The second kappa shape index (κ2) is 6.02. The van der Waals surface area contributed by atoms with Crippen molar-refractivity contribution >= 4 is 28.6 Å². The van der Waals surface area contributed by atoms with Gasteiger partial charge in [-0.25, -0.2) is 0 Å². The molecule has 0 fully saturated rings. The summed E-state index contributed by atoms with van der Waals surface area (Å²) in [5.74, 6) is -0.292. The van der Waals surface area contributed by atoms with Crippen molar-refractivity contribution in [2.24, 2.45) is 0 Å². The predicted molar refractivity (Wildman–Crippen MR) is 99.1 cm³/mol. The fourth-order valence-electron chi connectivity index (χ4n) is 3.25. The van der Waals surface area contributed by atoms with Crippen LogP contribution in [-0.2, 0) is 0 Å². The summed E-state index contributed by atoms with van der Waals surface area (Å²) in [7, 11) is 0. The minimum absolute atomic E-state index is 0.101. The molecule has 0 radical (unpaired) electrons. The van der Waals surface area contributed by atoms with Gasteiger partial charge in [-0.1, -0.05) is 42.0 Å². The number of nitrogens with zero attached hydrogens (tertiary/aromatic N) is 1. The first-order chi connectivity index (χ1) is 12.1. The molecule has 0 aliphatic carbocycles. The van der Waals surface area contributed by atoms with Crippen molar-refractivity contribution < 1.29 is 9.59 Å². The van der Waals surface area contributed by atoms with Crippen LogP contribution in [0, 0.1) is 6.92 Å². The average molecular weight is 327 g/mol. The summed E-state index contributed by atoms with van der Waals surface area (Å²) < 4.78 is 0. The number of aryl methyl sites for hydroxylation is 1. The number of benzene rings is 3. The number of para-hydroxylation sites is 2. The monoisotopic (exact) mass is 327 g/mol. The van der Waals surface area contributed by atoms with Gasteiger partial charge >= 0.3 is 0 Å². The maximum absolute atomic E-state index is 12.7. The van der Waals surface area contributed by atoms with Crippen molar-refractivity contribution in [3.63, 3.8) is 0 Å². The van der Waals surface area contributed by atoms with E-state index in [1.54, 1.807) is 12.1 Å². The lowest BCUT2D eigenvalue weighted by Crippen LogP contribution is -2.22. The third-order valence-corrected chi connectivity index (χ3v) is 4.50. The van der Waals surface area contributed by atoms with Crippen LogP contribution in [-0.4, -0.2) is 11.6 Å². The topological polar surface area (TPSA) is 37.4 Å². The van der Waals surface area contributed by atoms with Crippen LogP contribution in [0.5, 0.6) is 0 Å². The Hall–Kier alpha value is -3.20. The van der Waals surface area contributed by atoms with Crippen molar-refractivity contribution in [1.82, 2.24) is 0 Å². The molecule has 0 bridgehead atoms. The van der Waals surface area contributed by atoms with E-state index in [0.717, 1.165) is 22.6 Å². The summed E-state index contributed by atoms with van der Waals surface area (Å²) in [6.45, 7) is 2.03. The lowest BCUT2D eigenvalue weighted by molar-refractivity contribution is 0.0894. The van der Waals surface area contributed by atoms with Crippen molar-refractivity contribution in [2.45, 2.75) is 13.3 Å². The minimum atomic E-state index is -0.146. The Bertz CT molecular complexity index is 916. The second-order valence-electron chi connectivity index (χ2n) is 6.23. The summed E-state index contributed by atoms with van der Waals surface area (Å²) in [5.41, 5.74) is 4.84. The molecule has 3 heteroatoms. The summed E-state index contributed by atoms with van der Waals surface area (Å²) >= 11 is 0. The first-order valence-electron chi connectivity index (χ1n) is 8.26. The van der Waals surface area contributed by atoms with Gasteiger partial charge < -0.3 is 4.90 Å². The van der Waals surface area contributed by atoms with Gasteiger partial charge in [0.2, 0.25) is 0 Å². The van der Waals surface area contributed by atoms with E-state index in [1.807, 2.05) is 72.5 Å². The van der Waals surface area contributed by atoms with Gasteiger partial charge in [0.25, 0.3) is 0 Å². The Morgan fingerprint density at radius 2 is 1.16 bits per heavy atom. The van der Waals surface area contributed by atoms with Gasteiger partial charge in [0, 0.05) is 16.8 Å². The Kier molecular flexibility index (Phi) is 3.69. The van der Waals surface area contributed by atoms with Crippen LogP contribution in [0.15, 0.2) is 72.8 Å². The number of ketones is 2. The summed E-state index contributed by atoms with van der Waals surface area (Å²) in [4.78, 5) is 27.3. The number of anilines is 3. The van der Waals surface area contributed by atoms with E-state index in [0.29, 0.717) is 11.1 Å². The highest BCUT2D eigenvalue weighted by Crippen LogP contribution is 2.40. The molecular weight excluding hydrogens is 310 g/mol. The molecule has 4 rings (SSSR count). The third-order valence-electron chi connectivity index (χ3n) is 4.50. The Balaban J connectivity index is 2.04. The van der Waals surface area contributed by atoms with Gasteiger partial charge in [-0.15, -0.1) is 0 Å². The van der Waals surface area contributed by atoms with Crippen molar-refractivity contribution in [1.29, 1.82) is 0 Å². The smallest absolute Gasteiger partial charge is 0.172 e. The summed E-state index contributed by atoms with van der Waals surface area (Å²) in [6.07, 6.45) is -0.101. The number of rotatable bonds is 1. The molecule has 0 amide bonds. The van der Waals surface area contributed by atoms with Crippen LogP contribution in [0.1, 0.15) is 32.7 Å². The molecule has 122 valence electrons. The van der Waals surface area contributed by atoms with Gasteiger partial charge in [-0.3, -0.25) is 9.59 Å². The maximum atomic E-state index is 12.7. The van der Waals surface area contributed by atoms with Crippen LogP contribution in [0.2, 0.25) is 0 Å². The number of carbonyl (C=O) groups is 2. The van der Waals surface area contributed by atoms with Crippen molar-refractivity contribution in [2.75, 3.05) is 4.90 Å². The number of fused-ring (bicyclic) bond motifs is 2. The highest BCUT2D eigenvalue weighted by atomic mass is 16.1. The van der Waals surface area contributed by atoms with E-state index in [-0.39, 0.29) is 18.0 Å². The SMILES string of the molecule is Cc1ccc(N2c3ccccc3C(=O)CC(=O)c3ccccc32)cc1. The van der Waals surface area contributed by atoms with Gasteiger partial charge in [-0.05, 0) is 43.3 Å². The molecule has 0 unspecified atom stereocenters. The minimum Gasteiger partial charge on any atom is -0.309 e. The van der Waals surface area contributed by atoms with Gasteiger partial charge in [0.05, 0.1) is 17.8 Å². The number of hydrogen-bond acceptors (Lipinski definition) is 3. The van der Waals surface area contributed by atoms with Crippen LogP contribution >= 0.6 is 0 Å². The van der Waals surface area contributed by atoms with Crippen LogP contribution < -0.4 is 4.90 Å². The molecule has 1 heterocycles. The molecule has 25 heavy (non-hydrogen) atoms. The number of Topliss-reactive ketones (excluding diaryl/α,β-unsaturated/α-hetero) is 2. The second-order valence-corrected chi connectivity index (χ2v) is 6.23. The largest absolute Gasteiger partial charge is 0.309 e. The zero-order chi connectivity index (χ0) is 17.4. The molecular formula is C22H17NO2. The molecule has 0 saturated heterocycles. The first kappa shape index (κ1) is 15.3. The van der Waals surface area contributed by atoms with Crippen molar-refractivity contribution in [3.05, 3.63) is 89.5 Å². The zero-order valence-electron chi connectivity index (χ0n) is 13.9. The zero-order valence-corrected chi connectivity index (χ0v) is 13.9. The molecule has 0 spiro atoms. The molecule has 0 saturated carbocycles. The standard InChI is InChI=1S/C22H17NO2/c1-15-10-12-16(13-11-15)23-19-8-4-2-6-17(19)21(24)14-22(25)18-7-3-5-9-20(18)23/h2-13H,14H2,1H3. The van der Waals surface area contributed by atoms with E-state index in [9.17, 15) is 9.59 Å². The fraction of sp³-hybridized carbons (Fsp3) is 0.0909. The molecule has 0 atom stereocenters. The van der Waals surface area contributed by atoms with Gasteiger partial charge in [-0.2, -0.15) is 0 Å². The normalized spacial score (nSPS) is 13.7. The van der Waals surface area contributed by atoms with Crippen LogP contribution in [0.4, 0.5) is 17.1 Å². The molecule has 0 aromatic heterocycles. The van der Waals surface area contributed by atoms with E-state index in [2.05, 4.69) is 0 Å². The quantitative estimate of drug-likeness (QED) is 0.574. The van der Waals surface area contributed by atoms with Gasteiger partial charge in [0.1, 0.15) is 0 Å². The highest BCUT2D eigenvalue weighted by molar-refractivity contribution is 6.19. The Labute approximate surface area is 146 Å². The molecule has 3 nitrogen and oxygen atoms in total. The summed E-state index contributed by atoms with van der Waals surface area (Å²) in [6, 6.07) is 23.0. The first-order valence-corrected chi connectivity index (χ1v) is 8.26. The van der Waals surface area contributed by atoms with Gasteiger partial charge in [0.15, 0.2) is 11.6 Å². The highest BCUT2D eigenvalue weighted by Gasteiger charge is 2.27. The Morgan fingerprint density at radius 1 is 0.680 bits per heavy atom. The lowest BCUT2D eigenvalue weighted by atomic mass is 9.94. The average Bonchev–Trinajstić information content (AvgIpc) is 2.63. The van der Waals surface area contributed by atoms with Crippen molar-refractivity contribution in [3.8, 4) is 0 Å².